The van der Waals surface area contributed by atoms with Gasteiger partial charge in [-0.1, -0.05) is 0 Å². The molecule has 0 bridgehead atoms. The number of anilines is 1. The van der Waals surface area contributed by atoms with Crippen LogP contribution in [0.4, 0.5) is 5.69 Å². The van der Waals surface area contributed by atoms with E-state index in [0.29, 0.717) is 17.9 Å². The lowest BCUT2D eigenvalue weighted by Crippen LogP contribution is -2.26. The number of hydrogen-bond acceptors (Lipinski definition) is 5. The molecule has 6 heteroatoms. The van der Waals surface area contributed by atoms with E-state index in [4.69, 9.17) is 10.00 Å². The van der Waals surface area contributed by atoms with Crippen molar-refractivity contribution in [2.75, 3.05) is 18.5 Å². The molecular weight excluding hydrogens is 268 g/mol. The Bertz CT molecular complexity index is 628. The molecule has 6 nitrogen and oxygen atoms in total. The van der Waals surface area contributed by atoms with E-state index in [1.54, 1.807) is 28.9 Å². The SMILES string of the molecule is Cc1nn(C)cc1NCC(O)COc1ccc(C#N)cc1. The van der Waals surface area contributed by atoms with Crippen LogP contribution in [-0.4, -0.2) is 34.1 Å². The zero-order chi connectivity index (χ0) is 15.2. The molecule has 0 spiro atoms. The first-order valence-corrected chi connectivity index (χ1v) is 6.63. The van der Waals surface area contributed by atoms with Gasteiger partial charge >= 0.3 is 0 Å². The van der Waals surface area contributed by atoms with Gasteiger partial charge in [0.05, 0.1) is 23.0 Å². The standard InChI is InChI=1S/C15H18N4O2/c1-11-15(9-19(2)18-11)17-8-13(20)10-21-14-5-3-12(7-16)4-6-14/h3-6,9,13,17,20H,8,10H2,1-2H3. The van der Waals surface area contributed by atoms with Crippen LogP contribution < -0.4 is 10.1 Å². The first kappa shape index (κ1) is 14.9. The summed E-state index contributed by atoms with van der Waals surface area (Å²) in [5.41, 5.74) is 2.37. The molecule has 110 valence electrons. The number of aryl methyl sites for hydroxylation is 2. The fourth-order valence-corrected chi connectivity index (χ4v) is 1.88. The molecule has 0 aliphatic rings. The zero-order valence-electron chi connectivity index (χ0n) is 12.1. The summed E-state index contributed by atoms with van der Waals surface area (Å²) in [5, 5.41) is 26.0. The van der Waals surface area contributed by atoms with E-state index >= 15 is 0 Å². The fourth-order valence-electron chi connectivity index (χ4n) is 1.88. The van der Waals surface area contributed by atoms with E-state index in [1.165, 1.54) is 0 Å². The predicted molar refractivity (Wildman–Crippen MR) is 79.1 cm³/mol. The summed E-state index contributed by atoms with van der Waals surface area (Å²) in [7, 11) is 1.85. The van der Waals surface area contributed by atoms with Crippen molar-refractivity contribution in [1.29, 1.82) is 5.26 Å². The molecule has 2 aromatic rings. The lowest BCUT2D eigenvalue weighted by Gasteiger charge is -2.13. The number of ether oxygens (including phenoxy) is 1. The molecular formula is C15H18N4O2. The Morgan fingerprint density at radius 3 is 2.71 bits per heavy atom. The van der Waals surface area contributed by atoms with Crippen LogP contribution in [-0.2, 0) is 7.05 Å². The van der Waals surface area contributed by atoms with Gasteiger partial charge in [-0.05, 0) is 31.2 Å². The van der Waals surface area contributed by atoms with Gasteiger partial charge in [0.15, 0.2) is 0 Å². The van der Waals surface area contributed by atoms with Gasteiger partial charge in [0.25, 0.3) is 0 Å². The van der Waals surface area contributed by atoms with Crippen LogP contribution >= 0.6 is 0 Å². The Morgan fingerprint density at radius 1 is 1.43 bits per heavy atom. The van der Waals surface area contributed by atoms with Crippen molar-refractivity contribution in [2.45, 2.75) is 13.0 Å². The molecule has 1 atom stereocenters. The Balaban J connectivity index is 1.78. The van der Waals surface area contributed by atoms with Crippen molar-refractivity contribution in [3.63, 3.8) is 0 Å². The predicted octanol–water partition coefficient (Wildman–Crippen LogP) is 1.45. The smallest absolute Gasteiger partial charge is 0.119 e. The molecule has 0 saturated carbocycles. The lowest BCUT2D eigenvalue weighted by atomic mass is 10.2. The summed E-state index contributed by atoms with van der Waals surface area (Å²) in [6.07, 6.45) is 1.23. The summed E-state index contributed by atoms with van der Waals surface area (Å²) < 4.78 is 7.19. The molecule has 1 unspecified atom stereocenters. The van der Waals surface area contributed by atoms with Gasteiger partial charge in [-0.15, -0.1) is 0 Å². The van der Waals surface area contributed by atoms with Crippen molar-refractivity contribution in [3.8, 4) is 11.8 Å². The highest BCUT2D eigenvalue weighted by atomic mass is 16.5. The second-order valence-corrected chi connectivity index (χ2v) is 4.78. The van der Waals surface area contributed by atoms with E-state index in [-0.39, 0.29) is 6.61 Å². The second-order valence-electron chi connectivity index (χ2n) is 4.78. The first-order valence-electron chi connectivity index (χ1n) is 6.63. The number of aliphatic hydroxyl groups is 1. The average Bonchev–Trinajstić information content (AvgIpc) is 2.81. The van der Waals surface area contributed by atoms with E-state index in [0.717, 1.165) is 11.4 Å². The minimum atomic E-state index is -0.639. The molecule has 0 saturated heterocycles. The van der Waals surface area contributed by atoms with Gasteiger partial charge in [-0.25, -0.2) is 0 Å². The molecule has 0 amide bonds. The Labute approximate surface area is 123 Å². The van der Waals surface area contributed by atoms with E-state index in [1.807, 2.05) is 26.2 Å². The average molecular weight is 286 g/mol. The number of nitrogens with one attached hydrogen (secondary N) is 1. The first-order chi connectivity index (χ1) is 10.1. The number of benzene rings is 1. The summed E-state index contributed by atoms with van der Waals surface area (Å²) >= 11 is 0. The zero-order valence-corrected chi connectivity index (χ0v) is 12.1. The summed E-state index contributed by atoms with van der Waals surface area (Å²) in [4.78, 5) is 0. The molecule has 1 heterocycles. The molecule has 2 N–H and O–H groups in total. The maximum Gasteiger partial charge on any atom is 0.119 e. The number of nitriles is 1. The van der Waals surface area contributed by atoms with Crippen LogP contribution in [0.25, 0.3) is 0 Å². The Hall–Kier alpha value is -2.52. The highest BCUT2D eigenvalue weighted by Crippen LogP contribution is 2.13. The Kier molecular flexibility index (Phi) is 4.80. The van der Waals surface area contributed by atoms with E-state index in [2.05, 4.69) is 10.4 Å². The minimum Gasteiger partial charge on any atom is -0.491 e. The molecule has 21 heavy (non-hydrogen) atoms. The van der Waals surface area contributed by atoms with Crippen LogP contribution in [0.3, 0.4) is 0 Å². The molecule has 0 radical (unpaired) electrons. The van der Waals surface area contributed by atoms with Gasteiger partial charge in [-0.2, -0.15) is 10.4 Å². The number of aliphatic hydroxyl groups excluding tert-OH is 1. The minimum absolute atomic E-state index is 0.179. The van der Waals surface area contributed by atoms with Crippen LogP contribution in [0.15, 0.2) is 30.5 Å². The fraction of sp³-hybridized carbons (Fsp3) is 0.333. The van der Waals surface area contributed by atoms with Crippen molar-refractivity contribution in [3.05, 3.63) is 41.7 Å². The molecule has 0 aliphatic carbocycles. The normalized spacial score (nSPS) is 11.7. The third-order valence-electron chi connectivity index (χ3n) is 2.97. The maximum absolute atomic E-state index is 9.90. The molecule has 0 aliphatic heterocycles. The van der Waals surface area contributed by atoms with Gasteiger partial charge in [0, 0.05) is 19.8 Å². The topological polar surface area (TPSA) is 83.1 Å². The molecule has 0 fully saturated rings. The molecule has 2 rings (SSSR count). The second kappa shape index (κ2) is 6.77. The quantitative estimate of drug-likeness (QED) is 0.840. The molecule has 1 aromatic carbocycles. The van der Waals surface area contributed by atoms with Gasteiger partial charge in [0.1, 0.15) is 18.5 Å². The van der Waals surface area contributed by atoms with E-state index < -0.39 is 6.10 Å². The third-order valence-corrected chi connectivity index (χ3v) is 2.97. The summed E-state index contributed by atoms with van der Waals surface area (Å²) in [6, 6.07) is 8.83. The number of nitrogens with zero attached hydrogens (tertiary/aromatic N) is 3. The van der Waals surface area contributed by atoms with Gasteiger partial charge in [0.2, 0.25) is 0 Å². The lowest BCUT2D eigenvalue weighted by molar-refractivity contribution is 0.117. The number of hydrogen-bond donors (Lipinski definition) is 2. The number of rotatable bonds is 6. The van der Waals surface area contributed by atoms with Crippen LogP contribution in [0, 0.1) is 18.3 Å². The highest BCUT2D eigenvalue weighted by molar-refractivity contribution is 5.45. The van der Waals surface area contributed by atoms with Crippen molar-refractivity contribution in [2.24, 2.45) is 7.05 Å². The highest BCUT2D eigenvalue weighted by Gasteiger charge is 2.08. The summed E-state index contributed by atoms with van der Waals surface area (Å²) in [5.74, 6) is 0.630. The van der Waals surface area contributed by atoms with Gasteiger partial charge in [-0.3, -0.25) is 4.68 Å². The van der Waals surface area contributed by atoms with Crippen molar-refractivity contribution in [1.82, 2.24) is 9.78 Å². The van der Waals surface area contributed by atoms with Crippen molar-refractivity contribution >= 4 is 5.69 Å². The van der Waals surface area contributed by atoms with Crippen LogP contribution in [0.5, 0.6) is 5.75 Å². The monoisotopic (exact) mass is 286 g/mol. The maximum atomic E-state index is 9.90. The third kappa shape index (κ3) is 4.23. The molecule has 1 aromatic heterocycles. The Morgan fingerprint density at radius 2 is 2.14 bits per heavy atom. The van der Waals surface area contributed by atoms with Crippen LogP contribution in [0.1, 0.15) is 11.3 Å². The number of aromatic nitrogens is 2. The largest absolute Gasteiger partial charge is 0.491 e. The van der Waals surface area contributed by atoms with E-state index in [9.17, 15) is 5.11 Å². The van der Waals surface area contributed by atoms with Crippen molar-refractivity contribution < 1.29 is 9.84 Å². The summed E-state index contributed by atoms with van der Waals surface area (Å²) in [6.45, 7) is 2.46. The van der Waals surface area contributed by atoms with Crippen LogP contribution in [0.2, 0.25) is 0 Å². The van der Waals surface area contributed by atoms with Gasteiger partial charge < -0.3 is 15.2 Å².